The van der Waals surface area contributed by atoms with Crippen molar-refractivity contribution in [1.82, 2.24) is 15.0 Å². The van der Waals surface area contributed by atoms with Gasteiger partial charge >= 0.3 is 0 Å². The zero-order valence-corrected chi connectivity index (χ0v) is 30.3. The van der Waals surface area contributed by atoms with Crippen LogP contribution in [0.3, 0.4) is 0 Å². The summed E-state index contributed by atoms with van der Waals surface area (Å²) in [5, 5.41) is 6.17. The predicted molar refractivity (Wildman–Crippen MR) is 237 cm³/mol. The summed E-state index contributed by atoms with van der Waals surface area (Å²) in [6.07, 6.45) is 0. The minimum Gasteiger partial charge on any atom is -0.455 e. The fourth-order valence-corrected chi connectivity index (χ4v) is 8.01. The highest BCUT2D eigenvalue weighted by molar-refractivity contribution is 6.22. The minimum absolute atomic E-state index is 0.0665. The third kappa shape index (κ3) is 5.14. The van der Waals surface area contributed by atoms with E-state index < -0.39 is 36.3 Å². The van der Waals surface area contributed by atoms with E-state index in [-0.39, 0.29) is 35.3 Å². The molecule has 3 aromatic heterocycles. The van der Waals surface area contributed by atoms with Crippen LogP contribution >= 0.6 is 0 Å². The fourth-order valence-electron chi connectivity index (χ4n) is 8.01. The Morgan fingerprint density at radius 3 is 1.31 bits per heavy atom. The molecule has 0 radical (unpaired) electrons. The van der Waals surface area contributed by atoms with Crippen LogP contribution in [-0.4, -0.2) is 15.0 Å². The van der Waals surface area contributed by atoms with E-state index in [4.69, 9.17) is 37.5 Å². The van der Waals surface area contributed by atoms with Crippen molar-refractivity contribution in [2.24, 2.45) is 0 Å². The molecule has 5 heteroatoms. The van der Waals surface area contributed by atoms with Gasteiger partial charge in [0.05, 0.1) is 13.7 Å². The molecule has 58 heavy (non-hydrogen) atoms. The quantitative estimate of drug-likeness (QED) is 0.175. The SMILES string of the molecule is [2H]c1c([2H])c([2H])c(-c2ccc3c(c2)oc2c4ccccc4cc(-c4nc(-c5ccccc5)nc(-c5cc6ccccc6c6oc7cc(-c8c([2H])c([2H])c([2H])c([2H])c8[2H])ccc7c56)n4)c32)c([2H])c1[2H]. The van der Waals surface area contributed by atoms with Gasteiger partial charge in [0.1, 0.15) is 22.3 Å². The molecule has 0 unspecified atom stereocenters. The van der Waals surface area contributed by atoms with E-state index in [9.17, 15) is 0 Å². The molecule has 3 heterocycles. The summed E-state index contributed by atoms with van der Waals surface area (Å²) in [6.45, 7) is 0. The van der Waals surface area contributed by atoms with Gasteiger partial charge in [0, 0.05) is 49.0 Å². The smallest absolute Gasteiger partial charge is 0.164 e. The second-order valence-corrected chi connectivity index (χ2v) is 14.0. The number of fused-ring (bicyclic) bond motifs is 10. The fraction of sp³-hybridized carbons (Fsp3) is 0. The molecule has 0 saturated carbocycles. The van der Waals surface area contributed by atoms with Gasteiger partial charge in [-0.25, -0.2) is 15.0 Å². The first-order valence-electron chi connectivity index (χ1n) is 23.6. The van der Waals surface area contributed by atoms with E-state index in [1.165, 1.54) is 0 Å². The molecule has 0 aliphatic rings. The molecule has 0 bridgehead atoms. The lowest BCUT2D eigenvalue weighted by molar-refractivity contribution is 0.672. The highest BCUT2D eigenvalue weighted by Crippen LogP contribution is 2.44. The van der Waals surface area contributed by atoms with E-state index in [0.29, 0.717) is 83.6 Å². The second-order valence-electron chi connectivity index (χ2n) is 14.0. The zero-order valence-electron chi connectivity index (χ0n) is 40.3. The summed E-state index contributed by atoms with van der Waals surface area (Å²) in [4.78, 5) is 15.6. The highest BCUT2D eigenvalue weighted by Gasteiger charge is 2.23. The number of rotatable bonds is 5. The van der Waals surface area contributed by atoms with Crippen LogP contribution in [-0.2, 0) is 0 Å². The van der Waals surface area contributed by atoms with Crippen LogP contribution in [0.4, 0.5) is 0 Å². The lowest BCUT2D eigenvalue weighted by atomic mass is 9.97. The number of hydrogen-bond donors (Lipinski definition) is 0. The van der Waals surface area contributed by atoms with E-state index >= 15 is 0 Å². The molecule has 12 rings (SSSR count). The summed E-state index contributed by atoms with van der Waals surface area (Å²) in [5.41, 5.74) is 4.95. The van der Waals surface area contributed by atoms with Crippen LogP contribution < -0.4 is 0 Å². The van der Waals surface area contributed by atoms with Crippen molar-refractivity contribution < 1.29 is 22.5 Å². The van der Waals surface area contributed by atoms with E-state index in [1.807, 2.05) is 103 Å². The number of hydrogen-bond acceptors (Lipinski definition) is 5. The third-order valence-corrected chi connectivity index (χ3v) is 10.7. The zero-order chi connectivity index (χ0) is 46.9. The first-order chi connectivity index (χ1) is 32.9. The second kappa shape index (κ2) is 12.8. The number of benzene rings is 9. The molecule has 5 nitrogen and oxygen atoms in total. The average molecular weight is 752 g/mol. The molecule has 12 aromatic rings. The Morgan fingerprint density at radius 2 is 0.810 bits per heavy atom. The topological polar surface area (TPSA) is 65.0 Å². The van der Waals surface area contributed by atoms with Crippen molar-refractivity contribution in [1.29, 1.82) is 0 Å². The lowest BCUT2D eigenvalue weighted by Crippen LogP contribution is -2.01. The van der Waals surface area contributed by atoms with Gasteiger partial charge in [-0.1, -0.05) is 151 Å². The Morgan fingerprint density at radius 1 is 0.362 bits per heavy atom. The minimum atomic E-state index is -0.470. The molecule has 0 N–H and O–H groups in total. The Hall–Kier alpha value is -7.89. The maximum Gasteiger partial charge on any atom is 0.164 e. The van der Waals surface area contributed by atoms with Crippen LogP contribution in [0.25, 0.3) is 122 Å². The lowest BCUT2D eigenvalue weighted by Gasteiger charge is -2.12. The van der Waals surface area contributed by atoms with E-state index in [0.717, 1.165) is 27.1 Å². The van der Waals surface area contributed by atoms with Gasteiger partial charge in [-0.05, 0) is 69.4 Å². The standard InChI is InChI=1S/C53H31N3O2/c1-4-14-32(15-5-1)35-24-26-41-45(30-35)57-49-39-22-12-10-20-37(39)28-43(47(41)49)52-54-51(34-18-8-3-9-19-34)55-53(56-52)44-29-38-21-11-13-23-40(38)50-48(44)42-27-25-36(31-46(42)58-50)33-16-6-2-7-17-33/h1-31H/i1D,2D,4D,5D,6D,7D,14D,15D,16D,17D. The first-order valence-corrected chi connectivity index (χ1v) is 18.6. The maximum absolute atomic E-state index is 8.67. The molecule has 0 aliphatic carbocycles. The van der Waals surface area contributed by atoms with E-state index in [2.05, 4.69) is 0 Å². The molecule has 0 fully saturated rings. The Bertz CT molecular complexity index is 3870. The number of furan rings is 2. The summed E-state index contributed by atoms with van der Waals surface area (Å²) >= 11 is 0. The van der Waals surface area contributed by atoms with Crippen molar-refractivity contribution in [3.63, 3.8) is 0 Å². The summed E-state index contributed by atoms with van der Waals surface area (Å²) in [6, 6.07) is 35.9. The molecule has 270 valence electrons. The maximum atomic E-state index is 8.67. The van der Waals surface area contributed by atoms with Gasteiger partial charge in [0.15, 0.2) is 17.5 Å². The largest absolute Gasteiger partial charge is 0.455 e. The molecular formula is C53H31N3O2. The summed E-state index contributed by atoms with van der Waals surface area (Å²) in [7, 11) is 0. The van der Waals surface area contributed by atoms with Crippen molar-refractivity contribution in [2.45, 2.75) is 0 Å². The highest BCUT2D eigenvalue weighted by atomic mass is 16.3. The van der Waals surface area contributed by atoms with Crippen LogP contribution in [0.15, 0.2) is 197 Å². The van der Waals surface area contributed by atoms with Crippen LogP contribution in [0.1, 0.15) is 13.7 Å². The molecule has 0 amide bonds. The van der Waals surface area contributed by atoms with Crippen molar-refractivity contribution in [3.05, 3.63) is 188 Å². The number of aromatic nitrogens is 3. The van der Waals surface area contributed by atoms with Crippen molar-refractivity contribution in [2.75, 3.05) is 0 Å². The molecule has 0 atom stereocenters. The van der Waals surface area contributed by atoms with Gasteiger partial charge in [-0.15, -0.1) is 0 Å². The molecule has 0 aliphatic heterocycles. The Kier molecular flexibility index (Phi) is 5.29. The molecule has 9 aromatic carbocycles. The van der Waals surface area contributed by atoms with Crippen molar-refractivity contribution in [3.8, 4) is 56.4 Å². The van der Waals surface area contributed by atoms with Gasteiger partial charge in [0.25, 0.3) is 0 Å². The summed E-state index contributed by atoms with van der Waals surface area (Å²) in [5.74, 6) is 1.10. The van der Waals surface area contributed by atoms with Crippen LogP contribution in [0, 0.1) is 0 Å². The molecular weight excluding hydrogens is 711 g/mol. The van der Waals surface area contributed by atoms with Gasteiger partial charge in [-0.3, -0.25) is 0 Å². The van der Waals surface area contributed by atoms with E-state index in [1.54, 1.807) is 24.3 Å². The van der Waals surface area contributed by atoms with Gasteiger partial charge < -0.3 is 8.83 Å². The van der Waals surface area contributed by atoms with Gasteiger partial charge in [0.2, 0.25) is 0 Å². The van der Waals surface area contributed by atoms with Gasteiger partial charge in [-0.2, -0.15) is 0 Å². The normalized spacial score (nSPS) is 14.2. The van der Waals surface area contributed by atoms with Crippen molar-refractivity contribution >= 4 is 65.4 Å². The summed E-state index contributed by atoms with van der Waals surface area (Å²) < 4.78 is 97.6. The third-order valence-electron chi connectivity index (χ3n) is 10.7. The number of nitrogens with zero attached hydrogens (tertiary/aromatic N) is 3. The predicted octanol–water partition coefficient (Wildman–Crippen LogP) is 14.3. The van der Waals surface area contributed by atoms with Crippen LogP contribution in [0.2, 0.25) is 0 Å². The Balaban J connectivity index is 1.13. The van der Waals surface area contributed by atoms with Crippen LogP contribution in [0.5, 0.6) is 0 Å². The first kappa shape index (κ1) is 23.9. The average Bonchev–Trinajstić information content (AvgIpc) is 3.95. The Labute approximate surface area is 346 Å². The molecule has 0 saturated heterocycles. The molecule has 0 spiro atoms. The monoisotopic (exact) mass is 751 g/mol.